The van der Waals surface area contributed by atoms with Crippen molar-refractivity contribution in [3.63, 3.8) is 0 Å². The first kappa shape index (κ1) is 25.4. The van der Waals surface area contributed by atoms with Gasteiger partial charge in [0.25, 0.3) is 5.41 Å². The molecule has 1 saturated heterocycles. The van der Waals surface area contributed by atoms with Gasteiger partial charge >= 0.3 is 24.7 Å². The summed E-state index contributed by atoms with van der Waals surface area (Å²) in [6.45, 7) is 0. The van der Waals surface area contributed by atoms with Gasteiger partial charge in [-0.2, -0.15) is 52.7 Å². The Kier molecular flexibility index (Phi) is 5.94. The first-order chi connectivity index (χ1) is 15.4. The summed E-state index contributed by atoms with van der Waals surface area (Å²) in [7, 11) is 0. The Balaban J connectivity index is 2.57. The lowest BCUT2D eigenvalue weighted by Crippen LogP contribution is -2.73. The number of aliphatic imine (C=N–C) groups is 1. The molecular formula is C20H10F12N2. The minimum absolute atomic E-state index is 0.412. The molecule has 0 bridgehead atoms. The highest BCUT2D eigenvalue weighted by Crippen LogP contribution is 2.67. The predicted molar refractivity (Wildman–Crippen MR) is 96.1 cm³/mol. The van der Waals surface area contributed by atoms with Crippen molar-refractivity contribution in [3.8, 4) is 0 Å². The largest absolute Gasteiger partial charge is 0.423 e. The Bertz CT molecular complexity index is 1060. The molecule has 0 N–H and O–H groups in total. The zero-order valence-corrected chi connectivity index (χ0v) is 16.2. The summed E-state index contributed by atoms with van der Waals surface area (Å²) in [6.07, 6.45) is -26.6. The van der Waals surface area contributed by atoms with Crippen LogP contribution in [0.3, 0.4) is 0 Å². The average Bonchev–Trinajstić information content (AvgIpc) is 2.64. The first-order valence-electron chi connectivity index (χ1n) is 8.96. The van der Waals surface area contributed by atoms with Gasteiger partial charge in [-0.05, 0) is 24.3 Å². The topological polar surface area (TPSA) is 15.6 Å². The quantitative estimate of drug-likeness (QED) is 0.381. The summed E-state index contributed by atoms with van der Waals surface area (Å²) in [4.78, 5) is 2.83. The summed E-state index contributed by atoms with van der Waals surface area (Å²) >= 11 is 0. The number of alkyl halides is 12. The number of rotatable bonds is 2. The number of hydrogen-bond donors (Lipinski definition) is 0. The van der Waals surface area contributed by atoms with Gasteiger partial charge in [0.05, 0.1) is 11.4 Å². The van der Waals surface area contributed by atoms with E-state index in [1.807, 2.05) is 0 Å². The molecule has 2 nitrogen and oxygen atoms in total. The number of para-hydroxylation sites is 2. The lowest BCUT2D eigenvalue weighted by molar-refractivity contribution is -0.306. The summed E-state index contributed by atoms with van der Waals surface area (Å²) in [6, 6.07) is 10.2. The van der Waals surface area contributed by atoms with Crippen molar-refractivity contribution in [3.05, 3.63) is 71.9 Å². The van der Waals surface area contributed by atoms with Crippen molar-refractivity contribution in [2.24, 2.45) is 10.4 Å². The van der Waals surface area contributed by atoms with E-state index in [1.54, 1.807) is 0 Å². The summed E-state index contributed by atoms with van der Waals surface area (Å²) < 4.78 is 165. The van der Waals surface area contributed by atoms with Gasteiger partial charge in [-0.3, -0.25) is 4.90 Å². The Hall–Kier alpha value is -3.19. The second-order valence-corrected chi connectivity index (χ2v) is 6.91. The van der Waals surface area contributed by atoms with Crippen molar-refractivity contribution in [2.75, 3.05) is 4.90 Å². The van der Waals surface area contributed by atoms with Crippen LogP contribution in [0.4, 0.5) is 64.1 Å². The molecule has 1 fully saturated rings. The molecule has 2 aromatic carbocycles. The number of nitrogens with zero attached hydrogens (tertiary/aromatic N) is 2. The second-order valence-electron chi connectivity index (χ2n) is 6.91. The van der Waals surface area contributed by atoms with Crippen molar-refractivity contribution in [1.82, 2.24) is 0 Å². The van der Waals surface area contributed by atoms with Gasteiger partial charge in [-0.15, -0.1) is 0 Å². The smallest absolute Gasteiger partial charge is 0.299 e. The van der Waals surface area contributed by atoms with Gasteiger partial charge in [-0.1, -0.05) is 36.4 Å². The van der Waals surface area contributed by atoms with Crippen LogP contribution in [0, 0.1) is 5.41 Å². The van der Waals surface area contributed by atoms with Crippen LogP contribution in [0.1, 0.15) is 0 Å². The van der Waals surface area contributed by atoms with Crippen molar-refractivity contribution < 1.29 is 52.7 Å². The third-order valence-corrected chi connectivity index (χ3v) is 4.79. The monoisotopic (exact) mass is 506 g/mol. The fourth-order valence-electron chi connectivity index (χ4n) is 3.49. The molecule has 0 spiro atoms. The Morgan fingerprint density at radius 1 is 0.618 bits per heavy atom. The zero-order valence-electron chi connectivity index (χ0n) is 16.2. The van der Waals surface area contributed by atoms with Gasteiger partial charge in [0.1, 0.15) is 5.84 Å². The third kappa shape index (κ3) is 3.98. The Morgan fingerprint density at radius 2 is 1.03 bits per heavy atom. The molecule has 0 unspecified atom stereocenters. The maximum atomic E-state index is 14.1. The summed E-state index contributed by atoms with van der Waals surface area (Å²) in [5.74, 6) is -2.11. The van der Waals surface area contributed by atoms with Crippen molar-refractivity contribution >= 4 is 17.2 Å². The zero-order chi connectivity index (χ0) is 25.7. The van der Waals surface area contributed by atoms with Crippen LogP contribution in [0.5, 0.6) is 0 Å². The fourth-order valence-corrected chi connectivity index (χ4v) is 3.49. The standard InChI is InChI=1S/C20H10F12N2/c21-17(22,23)13(18(24,25)26)14-16(19(27,28)29,20(30,31)32)15(33-11-7-3-1-4-8-11)34(14)12-9-5-2-6-10-12/h1-10H. The highest BCUT2D eigenvalue weighted by atomic mass is 19.4. The average molecular weight is 506 g/mol. The van der Waals surface area contributed by atoms with Crippen LogP contribution in [-0.4, -0.2) is 30.5 Å². The normalized spacial score (nSPS) is 18.2. The van der Waals surface area contributed by atoms with Gasteiger partial charge in [0, 0.05) is 5.69 Å². The number of hydrogen-bond acceptors (Lipinski definition) is 1. The molecule has 184 valence electrons. The number of benzene rings is 2. The Morgan fingerprint density at radius 3 is 1.41 bits per heavy atom. The highest BCUT2D eigenvalue weighted by Gasteiger charge is 2.85. The molecule has 1 heterocycles. The number of amidine groups is 1. The molecular weight excluding hydrogens is 496 g/mol. The molecule has 3 rings (SSSR count). The SMILES string of the molecule is FC(F)(F)C(=C1N(c2ccccc2)C(=Nc2ccccc2)C1(C(F)(F)F)C(F)(F)F)C(F)(F)F. The van der Waals surface area contributed by atoms with Crippen LogP contribution >= 0.6 is 0 Å². The van der Waals surface area contributed by atoms with Gasteiger partial charge in [0.15, 0.2) is 5.57 Å². The van der Waals surface area contributed by atoms with E-state index in [-0.39, 0.29) is 0 Å². The molecule has 2 aromatic rings. The van der Waals surface area contributed by atoms with Crippen molar-refractivity contribution in [2.45, 2.75) is 24.7 Å². The number of halogens is 12. The molecule has 0 amide bonds. The molecule has 34 heavy (non-hydrogen) atoms. The van der Waals surface area contributed by atoms with E-state index < -0.39 is 63.5 Å². The first-order valence-corrected chi connectivity index (χ1v) is 8.96. The molecule has 0 radical (unpaired) electrons. The predicted octanol–water partition coefficient (Wildman–Crippen LogP) is 7.73. The van der Waals surface area contributed by atoms with Gasteiger partial charge in [0.2, 0.25) is 0 Å². The number of allylic oxidation sites excluding steroid dienone is 1. The molecule has 0 atom stereocenters. The lowest BCUT2D eigenvalue weighted by Gasteiger charge is -2.55. The van der Waals surface area contributed by atoms with E-state index in [0.29, 0.717) is 0 Å². The van der Waals surface area contributed by atoms with Crippen LogP contribution in [0.25, 0.3) is 0 Å². The lowest BCUT2D eigenvalue weighted by atomic mass is 9.69. The van der Waals surface area contributed by atoms with E-state index in [1.165, 1.54) is 12.1 Å². The Labute approximate surface area is 182 Å². The molecule has 1 aliphatic rings. The highest BCUT2D eigenvalue weighted by molar-refractivity contribution is 6.17. The molecule has 1 aliphatic heterocycles. The second kappa shape index (κ2) is 7.94. The van der Waals surface area contributed by atoms with Crippen LogP contribution in [-0.2, 0) is 0 Å². The van der Waals surface area contributed by atoms with E-state index in [4.69, 9.17) is 0 Å². The van der Waals surface area contributed by atoms with E-state index in [2.05, 4.69) is 4.99 Å². The fraction of sp³-hybridized carbons (Fsp3) is 0.250. The van der Waals surface area contributed by atoms with Crippen molar-refractivity contribution in [1.29, 1.82) is 0 Å². The van der Waals surface area contributed by atoms with Crippen LogP contribution in [0.15, 0.2) is 76.9 Å². The van der Waals surface area contributed by atoms with E-state index in [0.717, 1.165) is 48.5 Å². The molecule has 14 heteroatoms. The van der Waals surface area contributed by atoms with Crippen LogP contribution in [0.2, 0.25) is 0 Å². The summed E-state index contributed by atoms with van der Waals surface area (Å²) in [5.41, 5.74) is -14.1. The molecule has 0 saturated carbocycles. The maximum absolute atomic E-state index is 14.1. The van der Waals surface area contributed by atoms with E-state index in [9.17, 15) is 52.7 Å². The van der Waals surface area contributed by atoms with E-state index >= 15 is 0 Å². The minimum atomic E-state index is -6.68. The van der Waals surface area contributed by atoms with Crippen LogP contribution < -0.4 is 4.90 Å². The molecule has 0 aromatic heterocycles. The molecule has 0 aliphatic carbocycles. The van der Waals surface area contributed by atoms with Gasteiger partial charge < -0.3 is 0 Å². The minimum Gasteiger partial charge on any atom is -0.299 e. The third-order valence-electron chi connectivity index (χ3n) is 4.79. The number of anilines is 1. The summed E-state index contributed by atoms with van der Waals surface area (Å²) in [5, 5.41) is 0. The van der Waals surface area contributed by atoms with Gasteiger partial charge in [-0.25, -0.2) is 4.99 Å². The maximum Gasteiger partial charge on any atom is 0.423 e.